The fourth-order valence-corrected chi connectivity index (χ4v) is 2.82. The quantitative estimate of drug-likeness (QED) is 0.503. The molecule has 1 amide bonds. The second-order valence-electron chi connectivity index (χ2n) is 6.13. The Labute approximate surface area is 166 Å². The topological polar surface area (TPSA) is 104 Å². The predicted octanol–water partition coefficient (Wildman–Crippen LogP) is 3.13. The van der Waals surface area contributed by atoms with E-state index in [1.807, 2.05) is 0 Å². The molecule has 0 aliphatic heterocycles. The number of hydrogen-bond donors (Lipinski definition) is 1. The number of carbonyl (C=O) groups excluding carboxylic acids is 2. The Balaban J connectivity index is 1.84. The number of benzene rings is 2. The molecule has 0 aliphatic carbocycles. The van der Waals surface area contributed by atoms with Crippen molar-refractivity contribution in [3.8, 4) is 11.5 Å². The Hall–Kier alpha value is -3.81. The molecule has 8 heteroatoms. The molecule has 0 aliphatic rings. The van der Waals surface area contributed by atoms with Crippen molar-refractivity contribution in [2.45, 2.75) is 13.5 Å². The molecule has 0 radical (unpaired) electrons. The number of ether oxygens (including phenoxy) is 3. The van der Waals surface area contributed by atoms with Crippen LogP contribution in [0.2, 0.25) is 0 Å². The summed E-state index contributed by atoms with van der Waals surface area (Å²) in [4.78, 5) is 35.5. The Morgan fingerprint density at radius 2 is 1.76 bits per heavy atom. The van der Waals surface area contributed by atoms with E-state index in [9.17, 15) is 14.4 Å². The number of carbonyl (C=O) groups is 2. The van der Waals surface area contributed by atoms with Crippen LogP contribution in [0.1, 0.15) is 22.8 Å². The van der Waals surface area contributed by atoms with Crippen molar-refractivity contribution in [2.75, 3.05) is 19.5 Å². The zero-order chi connectivity index (χ0) is 21.0. The average molecular weight is 397 g/mol. The minimum atomic E-state index is -0.588. The third-order valence-corrected chi connectivity index (χ3v) is 4.13. The molecule has 0 bridgehead atoms. The van der Waals surface area contributed by atoms with E-state index in [0.717, 1.165) is 0 Å². The summed E-state index contributed by atoms with van der Waals surface area (Å²) in [5.41, 5.74) is 0.950. The molecule has 0 saturated carbocycles. The summed E-state index contributed by atoms with van der Waals surface area (Å²) in [6.45, 7) is 1.25. The van der Waals surface area contributed by atoms with Crippen molar-refractivity contribution in [2.24, 2.45) is 0 Å². The van der Waals surface area contributed by atoms with Gasteiger partial charge in [0.15, 0.2) is 11.5 Å². The number of methoxy groups -OCH3 is 2. The highest BCUT2D eigenvalue weighted by molar-refractivity contribution is 5.93. The number of fused-ring (bicyclic) bond motifs is 1. The third kappa shape index (κ3) is 4.55. The van der Waals surface area contributed by atoms with Crippen LogP contribution >= 0.6 is 0 Å². The number of hydrogen-bond acceptors (Lipinski definition) is 7. The molecule has 0 unspecified atom stereocenters. The summed E-state index contributed by atoms with van der Waals surface area (Å²) in [5, 5.41) is 3.22. The maximum atomic E-state index is 12.4. The number of anilines is 1. The van der Waals surface area contributed by atoms with Gasteiger partial charge in [0.25, 0.3) is 0 Å². The van der Waals surface area contributed by atoms with Gasteiger partial charge in [0, 0.05) is 35.7 Å². The van der Waals surface area contributed by atoms with E-state index in [4.69, 9.17) is 18.6 Å². The lowest BCUT2D eigenvalue weighted by atomic mass is 10.1. The van der Waals surface area contributed by atoms with Crippen LogP contribution in [0.5, 0.6) is 11.5 Å². The second kappa shape index (κ2) is 8.47. The van der Waals surface area contributed by atoms with Gasteiger partial charge in [-0.05, 0) is 30.3 Å². The predicted molar refractivity (Wildman–Crippen MR) is 105 cm³/mol. The van der Waals surface area contributed by atoms with Gasteiger partial charge in [0.1, 0.15) is 12.2 Å². The summed E-state index contributed by atoms with van der Waals surface area (Å²) < 4.78 is 20.9. The molecule has 8 nitrogen and oxygen atoms in total. The summed E-state index contributed by atoms with van der Waals surface area (Å²) in [6, 6.07) is 10.8. The summed E-state index contributed by atoms with van der Waals surface area (Å²) in [5.74, 6) is 0.0675. The van der Waals surface area contributed by atoms with E-state index < -0.39 is 11.6 Å². The minimum Gasteiger partial charge on any atom is -0.493 e. The van der Waals surface area contributed by atoms with Crippen LogP contribution in [0.3, 0.4) is 0 Å². The van der Waals surface area contributed by atoms with E-state index in [-0.39, 0.29) is 23.7 Å². The van der Waals surface area contributed by atoms with E-state index in [1.165, 1.54) is 39.3 Å². The van der Waals surface area contributed by atoms with Crippen LogP contribution < -0.4 is 20.4 Å². The van der Waals surface area contributed by atoms with Crippen LogP contribution in [-0.4, -0.2) is 26.1 Å². The second-order valence-corrected chi connectivity index (χ2v) is 6.13. The highest BCUT2D eigenvalue weighted by Crippen LogP contribution is 2.28. The van der Waals surface area contributed by atoms with Crippen molar-refractivity contribution in [3.05, 3.63) is 64.0 Å². The zero-order valence-electron chi connectivity index (χ0n) is 16.1. The average Bonchev–Trinajstić information content (AvgIpc) is 2.70. The smallest absolute Gasteiger partial charge is 0.338 e. The first-order valence-electron chi connectivity index (χ1n) is 8.65. The van der Waals surface area contributed by atoms with Crippen molar-refractivity contribution >= 4 is 28.5 Å². The molecule has 3 rings (SSSR count). The standard InChI is InChI=1S/C21H19NO7/c1-12(23)22-15-5-6-16-14(9-20(24)29-18(16)10-15)11-28-21(25)13-4-7-17(26-2)19(8-13)27-3/h4-10H,11H2,1-3H3,(H,22,23). The van der Waals surface area contributed by atoms with Crippen molar-refractivity contribution < 1.29 is 28.2 Å². The van der Waals surface area contributed by atoms with Gasteiger partial charge in [0.2, 0.25) is 5.91 Å². The monoisotopic (exact) mass is 397 g/mol. The minimum absolute atomic E-state index is 0.130. The molecular weight excluding hydrogens is 378 g/mol. The van der Waals surface area contributed by atoms with E-state index in [1.54, 1.807) is 24.3 Å². The first kappa shape index (κ1) is 19.9. The lowest BCUT2D eigenvalue weighted by Crippen LogP contribution is -2.09. The molecule has 0 atom stereocenters. The molecule has 0 spiro atoms. The lowest BCUT2D eigenvalue weighted by Gasteiger charge is -2.11. The molecule has 1 N–H and O–H groups in total. The van der Waals surface area contributed by atoms with Gasteiger partial charge in [-0.1, -0.05) is 0 Å². The van der Waals surface area contributed by atoms with Gasteiger partial charge in [-0.2, -0.15) is 0 Å². The first-order valence-corrected chi connectivity index (χ1v) is 8.65. The number of amides is 1. The summed E-state index contributed by atoms with van der Waals surface area (Å²) >= 11 is 0. The molecular formula is C21H19NO7. The molecule has 29 heavy (non-hydrogen) atoms. The fourth-order valence-electron chi connectivity index (χ4n) is 2.82. The SMILES string of the molecule is COc1ccc(C(=O)OCc2cc(=O)oc3cc(NC(C)=O)ccc23)cc1OC. The number of rotatable bonds is 6. The van der Waals surface area contributed by atoms with Gasteiger partial charge in [0.05, 0.1) is 19.8 Å². The molecule has 3 aromatic rings. The van der Waals surface area contributed by atoms with Gasteiger partial charge in [-0.3, -0.25) is 4.79 Å². The Morgan fingerprint density at radius 1 is 1.00 bits per heavy atom. The Morgan fingerprint density at radius 3 is 2.45 bits per heavy atom. The van der Waals surface area contributed by atoms with Crippen LogP contribution in [0.15, 0.2) is 51.7 Å². The van der Waals surface area contributed by atoms with Crippen LogP contribution in [0.4, 0.5) is 5.69 Å². The van der Waals surface area contributed by atoms with Crippen molar-refractivity contribution in [3.63, 3.8) is 0 Å². The maximum absolute atomic E-state index is 12.4. The van der Waals surface area contributed by atoms with Gasteiger partial charge in [-0.25, -0.2) is 9.59 Å². The molecule has 2 aromatic carbocycles. The molecule has 0 fully saturated rings. The normalized spacial score (nSPS) is 10.4. The number of esters is 1. The van der Waals surface area contributed by atoms with Gasteiger partial charge in [-0.15, -0.1) is 0 Å². The van der Waals surface area contributed by atoms with E-state index in [2.05, 4.69) is 5.32 Å². The number of nitrogens with one attached hydrogen (secondary N) is 1. The molecule has 1 aromatic heterocycles. The Bertz CT molecular complexity index is 1130. The fraction of sp³-hybridized carbons (Fsp3) is 0.190. The first-order chi connectivity index (χ1) is 13.9. The van der Waals surface area contributed by atoms with Crippen LogP contribution in [-0.2, 0) is 16.1 Å². The third-order valence-electron chi connectivity index (χ3n) is 4.13. The lowest BCUT2D eigenvalue weighted by molar-refractivity contribution is -0.114. The molecule has 150 valence electrons. The maximum Gasteiger partial charge on any atom is 0.338 e. The van der Waals surface area contributed by atoms with Gasteiger partial charge >= 0.3 is 11.6 Å². The highest BCUT2D eigenvalue weighted by Gasteiger charge is 2.14. The molecule has 0 saturated heterocycles. The summed E-state index contributed by atoms with van der Waals surface area (Å²) in [7, 11) is 2.97. The largest absolute Gasteiger partial charge is 0.493 e. The van der Waals surface area contributed by atoms with Crippen molar-refractivity contribution in [1.82, 2.24) is 0 Å². The van der Waals surface area contributed by atoms with E-state index in [0.29, 0.717) is 28.1 Å². The highest BCUT2D eigenvalue weighted by atomic mass is 16.5. The summed E-state index contributed by atoms with van der Waals surface area (Å²) in [6.07, 6.45) is 0. The molecule has 1 heterocycles. The Kier molecular flexibility index (Phi) is 5.82. The van der Waals surface area contributed by atoms with Crippen LogP contribution in [0.25, 0.3) is 11.0 Å². The zero-order valence-corrected chi connectivity index (χ0v) is 16.1. The van der Waals surface area contributed by atoms with Gasteiger partial charge < -0.3 is 23.9 Å². The van der Waals surface area contributed by atoms with Crippen molar-refractivity contribution in [1.29, 1.82) is 0 Å². The van der Waals surface area contributed by atoms with E-state index >= 15 is 0 Å². The van der Waals surface area contributed by atoms with Crippen LogP contribution in [0, 0.1) is 0 Å².